The number of halogens is 1. The van der Waals surface area contributed by atoms with Crippen LogP contribution in [-0.2, 0) is 21.2 Å². The number of rotatable bonds is 8. The normalized spacial score (nSPS) is 18.2. The van der Waals surface area contributed by atoms with Crippen molar-refractivity contribution in [2.75, 3.05) is 30.8 Å². The Morgan fingerprint density at radius 2 is 2.19 bits per heavy atom. The fourth-order valence-corrected chi connectivity index (χ4v) is 3.52. The van der Waals surface area contributed by atoms with Crippen molar-refractivity contribution in [2.24, 2.45) is 10.7 Å². The molecule has 7 nitrogen and oxygen atoms in total. The molecule has 148 valence electrons. The molecule has 1 heterocycles. The Hall–Kier alpha value is -0.910. The third-order valence-electron chi connectivity index (χ3n) is 4.05. The number of nitrogens with one attached hydrogen (secondary N) is 2. The van der Waals surface area contributed by atoms with Gasteiger partial charge >= 0.3 is 0 Å². The summed E-state index contributed by atoms with van der Waals surface area (Å²) in [6.45, 7) is 3.21. The number of aryl methyl sites for hydroxylation is 1. The van der Waals surface area contributed by atoms with Gasteiger partial charge < -0.3 is 15.8 Å². The van der Waals surface area contributed by atoms with Gasteiger partial charge in [-0.05, 0) is 43.4 Å². The number of benzene rings is 1. The number of hydrogen-bond donors (Lipinski definition) is 3. The highest BCUT2D eigenvalue weighted by molar-refractivity contribution is 14.0. The van der Waals surface area contributed by atoms with Crippen molar-refractivity contribution in [3.63, 3.8) is 0 Å². The predicted octanol–water partition coefficient (Wildman–Crippen LogP) is 2.08. The van der Waals surface area contributed by atoms with E-state index >= 15 is 0 Å². The Balaban J connectivity index is 0.00000338. The number of anilines is 1. The highest BCUT2D eigenvalue weighted by Gasteiger charge is 2.17. The lowest BCUT2D eigenvalue weighted by Crippen LogP contribution is -2.37. The molecule has 4 N–H and O–H groups in total. The van der Waals surface area contributed by atoms with E-state index in [1.807, 2.05) is 24.3 Å². The average molecular weight is 496 g/mol. The predicted molar refractivity (Wildman–Crippen MR) is 117 cm³/mol. The molecule has 0 aliphatic carbocycles. The minimum atomic E-state index is -3.38. The molecule has 9 heteroatoms. The van der Waals surface area contributed by atoms with Crippen molar-refractivity contribution in [3.8, 4) is 0 Å². The molecule has 0 amide bonds. The number of nitrogens with two attached hydrogens (primary N) is 1. The molecule has 1 unspecified atom stereocenters. The van der Waals surface area contributed by atoms with Crippen molar-refractivity contribution >= 4 is 45.6 Å². The van der Waals surface area contributed by atoms with E-state index in [0.29, 0.717) is 13.2 Å². The number of nitrogens with zero attached hydrogens (tertiary/aromatic N) is 1. The number of guanidine groups is 1. The van der Waals surface area contributed by atoms with Crippen molar-refractivity contribution in [3.05, 3.63) is 29.8 Å². The first-order chi connectivity index (χ1) is 12.0. The van der Waals surface area contributed by atoms with Crippen LogP contribution in [0.2, 0.25) is 0 Å². The molecule has 1 atom stereocenters. The molecule has 1 aromatic carbocycles. The summed E-state index contributed by atoms with van der Waals surface area (Å²) >= 11 is 0. The van der Waals surface area contributed by atoms with Crippen LogP contribution in [0.25, 0.3) is 0 Å². The lowest BCUT2D eigenvalue weighted by molar-refractivity contribution is 0.0200. The summed E-state index contributed by atoms with van der Waals surface area (Å²) in [7, 11) is -3.38. The van der Waals surface area contributed by atoms with Gasteiger partial charge in [0.25, 0.3) is 0 Å². The van der Waals surface area contributed by atoms with Crippen LogP contribution in [0.3, 0.4) is 0 Å². The van der Waals surface area contributed by atoms with Gasteiger partial charge in [-0.1, -0.05) is 19.1 Å². The van der Waals surface area contributed by atoms with E-state index in [0.717, 1.165) is 31.4 Å². The van der Waals surface area contributed by atoms with Crippen LogP contribution in [0.15, 0.2) is 29.3 Å². The van der Waals surface area contributed by atoms with E-state index in [1.165, 1.54) is 5.56 Å². The highest BCUT2D eigenvalue weighted by atomic mass is 127. The van der Waals surface area contributed by atoms with Crippen LogP contribution in [0, 0.1) is 0 Å². The molecule has 0 aromatic heterocycles. The van der Waals surface area contributed by atoms with Gasteiger partial charge in [0.1, 0.15) is 0 Å². The monoisotopic (exact) mass is 496 g/mol. The summed E-state index contributed by atoms with van der Waals surface area (Å²) in [4.78, 5) is 4.09. The number of ether oxygens (including phenoxy) is 1. The molecule has 1 aliphatic heterocycles. The molecule has 0 bridgehead atoms. The second-order valence-electron chi connectivity index (χ2n) is 6.10. The van der Waals surface area contributed by atoms with E-state index in [9.17, 15) is 8.42 Å². The van der Waals surface area contributed by atoms with Crippen LogP contribution in [0.4, 0.5) is 5.69 Å². The Morgan fingerprint density at radius 1 is 1.38 bits per heavy atom. The number of sulfonamides is 1. The van der Waals surface area contributed by atoms with E-state index in [2.05, 4.69) is 22.0 Å². The van der Waals surface area contributed by atoms with Crippen molar-refractivity contribution < 1.29 is 13.2 Å². The summed E-state index contributed by atoms with van der Waals surface area (Å²) in [6, 6.07) is 7.86. The van der Waals surface area contributed by atoms with E-state index in [1.54, 1.807) is 0 Å². The number of hydrogen-bond acceptors (Lipinski definition) is 4. The van der Waals surface area contributed by atoms with E-state index < -0.39 is 10.0 Å². The van der Waals surface area contributed by atoms with E-state index in [4.69, 9.17) is 10.5 Å². The lowest BCUT2D eigenvalue weighted by Gasteiger charge is -2.22. The SMILES string of the molecule is CCc1cccc(NC(N)=NCCS(=O)(=O)NCC2CCCCO2)c1.I. The van der Waals surface area contributed by atoms with Crippen molar-refractivity contribution in [1.29, 1.82) is 0 Å². The second kappa shape index (κ2) is 11.7. The van der Waals surface area contributed by atoms with Gasteiger partial charge in [0.05, 0.1) is 18.4 Å². The standard InChI is InChI=1S/C17H28N4O3S.HI/c1-2-14-6-5-7-15(12-14)21-17(18)19-9-11-25(22,23)20-13-16-8-3-4-10-24-16;/h5-7,12,16,20H,2-4,8-11,13H2,1H3,(H3,18,19,21);1H. The maximum absolute atomic E-state index is 12.0. The van der Waals surface area contributed by atoms with Crippen LogP contribution in [0.1, 0.15) is 31.7 Å². The first-order valence-corrected chi connectivity index (χ1v) is 10.4. The topological polar surface area (TPSA) is 106 Å². The van der Waals surface area contributed by atoms with Gasteiger partial charge in [0, 0.05) is 18.8 Å². The van der Waals surface area contributed by atoms with Crippen LogP contribution >= 0.6 is 24.0 Å². The Labute approximate surface area is 173 Å². The first kappa shape index (κ1) is 23.1. The van der Waals surface area contributed by atoms with E-state index in [-0.39, 0.29) is 48.3 Å². The molecule has 1 saturated heterocycles. The van der Waals surface area contributed by atoms with Gasteiger partial charge in [-0.15, -0.1) is 24.0 Å². The number of aliphatic imine (C=N–C) groups is 1. The molecular weight excluding hydrogens is 467 g/mol. The molecule has 0 radical (unpaired) electrons. The Kier molecular flexibility index (Phi) is 10.4. The quantitative estimate of drug-likeness (QED) is 0.291. The smallest absolute Gasteiger partial charge is 0.213 e. The zero-order valence-electron chi connectivity index (χ0n) is 15.1. The third-order valence-corrected chi connectivity index (χ3v) is 5.38. The maximum Gasteiger partial charge on any atom is 0.213 e. The first-order valence-electron chi connectivity index (χ1n) is 8.73. The van der Waals surface area contributed by atoms with Gasteiger partial charge in [-0.25, -0.2) is 13.1 Å². The summed E-state index contributed by atoms with van der Waals surface area (Å²) < 4.78 is 32.1. The van der Waals surface area contributed by atoms with Crippen LogP contribution in [0.5, 0.6) is 0 Å². The zero-order chi connectivity index (χ0) is 18.1. The zero-order valence-corrected chi connectivity index (χ0v) is 18.3. The Bertz CT molecular complexity index is 676. The molecule has 0 saturated carbocycles. The van der Waals surface area contributed by atoms with Gasteiger partial charge in [-0.3, -0.25) is 4.99 Å². The largest absolute Gasteiger partial charge is 0.377 e. The molecule has 1 aromatic rings. The molecule has 1 fully saturated rings. The Morgan fingerprint density at radius 3 is 2.88 bits per heavy atom. The third kappa shape index (κ3) is 8.65. The minimum Gasteiger partial charge on any atom is -0.377 e. The molecular formula is C17H29IN4O3S. The van der Waals surface area contributed by atoms with Crippen molar-refractivity contribution in [1.82, 2.24) is 4.72 Å². The average Bonchev–Trinajstić information content (AvgIpc) is 2.61. The fourth-order valence-electron chi connectivity index (χ4n) is 2.60. The highest BCUT2D eigenvalue weighted by Crippen LogP contribution is 2.12. The molecule has 26 heavy (non-hydrogen) atoms. The molecule has 1 aliphatic rings. The molecule has 0 spiro atoms. The van der Waals surface area contributed by atoms with Crippen LogP contribution < -0.4 is 15.8 Å². The second-order valence-corrected chi connectivity index (χ2v) is 8.03. The van der Waals surface area contributed by atoms with Gasteiger partial charge in [0.2, 0.25) is 10.0 Å². The maximum atomic E-state index is 12.0. The minimum absolute atomic E-state index is 0. The summed E-state index contributed by atoms with van der Waals surface area (Å²) in [5.41, 5.74) is 7.85. The van der Waals surface area contributed by atoms with Gasteiger partial charge in [0.15, 0.2) is 5.96 Å². The summed E-state index contributed by atoms with van der Waals surface area (Å²) in [6.07, 6.45) is 3.93. The molecule has 2 rings (SSSR count). The van der Waals surface area contributed by atoms with Gasteiger partial charge in [-0.2, -0.15) is 0 Å². The van der Waals surface area contributed by atoms with Crippen LogP contribution in [-0.4, -0.2) is 45.9 Å². The van der Waals surface area contributed by atoms with Crippen molar-refractivity contribution in [2.45, 2.75) is 38.7 Å². The summed E-state index contributed by atoms with van der Waals surface area (Å²) in [5, 5.41) is 2.98. The fraction of sp³-hybridized carbons (Fsp3) is 0.588. The summed E-state index contributed by atoms with van der Waals surface area (Å²) in [5.74, 6) is 0.107. The lowest BCUT2D eigenvalue weighted by atomic mass is 10.1.